The maximum Gasteiger partial charge on any atom is 0.305 e. The summed E-state index contributed by atoms with van der Waals surface area (Å²) in [4.78, 5) is 15.1. The summed E-state index contributed by atoms with van der Waals surface area (Å²) in [5.41, 5.74) is 0. The summed E-state index contributed by atoms with van der Waals surface area (Å²) in [5, 5.41) is 15.6. The molecular formula is C7H15N3O4. The molecule has 0 bridgehead atoms. The van der Waals surface area contributed by atoms with E-state index in [0.717, 1.165) is 0 Å². The molecule has 0 spiro atoms. The normalized spacial score (nSPS) is 10.9. The van der Waals surface area contributed by atoms with Crippen LogP contribution in [0.15, 0.2) is 5.28 Å². The first-order valence-corrected chi connectivity index (χ1v) is 4.30. The van der Waals surface area contributed by atoms with Gasteiger partial charge in [0.25, 0.3) is 6.79 Å². The van der Waals surface area contributed by atoms with Gasteiger partial charge < -0.3 is 14.8 Å². The third-order valence-electron chi connectivity index (χ3n) is 1.41. The van der Waals surface area contributed by atoms with E-state index in [1.54, 1.807) is 0 Å². The van der Waals surface area contributed by atoms with Gasteiger partial charge in [-0.1, -0.05) is 0 Å². The van der Waals surface area contributed by atoms with E-state index in [9.17, 15) is 10.0 Å². The Morgan fingerprint density at radius 3 is 2.50 bits per heavy atom. The lowest BCUT2D eigenvalue weighted by Gasteiger charge is -2.12. The van der Waals surface area contributed by atoms with Gasteiger partial charge in [-0.3, -0.25) is 4.79 Å². The van der Waals surface area contributed by atoms with Crippen molar-refractivity contribution in [3.05, 3.63) is 5.21 Å². The van der Waals surface area contributed by atoms with Crippen molar-refractivity contribution in [2.45, 2.75) is 20.8 Å². The molecule has 0 aliphatic carbocycles. The van der Waals surface area contributed by atoms with E-state index in [1.807, 2.05) is 13.8 Å². The number of nitrogens with zero attached hydrogens (tertiary/aromatic N) is 3. The van der Waals surface area contributed by atoms with E-state index in [4.69, 9.17) is 0 Å². The van der Waals surface area contributed by atoms with Gasteiger partial charge in [-0.05, 0) is 13.8 Å². The fourth-order valence-corrected chi connectivity index (χ4v) is 0.700. The number of hydrazine groups is 1. The molecule has 0 unspecified atom stereocenters. The molecule has 0 radical (unpaired) electrons. The Bertz CT molecular complexity index is 203. The van der Waals surface area contributed by atoms with E-state index in [-0.39, 0.29) is 6.79 Å². The summed E-state index contributed by atoms with van der Waals surface area (Å²) < 4.78 is 4.40. The highest BCUT2D eigenvalue weighted by Crippen LogP contribution is 1.90. The minimum absolute atomic E-state index is 0.323. The van der Waals surface area contributed by atoms with Crippen LogP contribution in [0.3, 0.4) is 0 Å². The van der Waals surface area contributed by atoms with Crippen LogP contribution < -0.4 is 0 Å². The van der Waals surface area contributed by atoms with Crippen LogP contribution in [0.2, 0.25) is 0 Å². The number of carbonyl (C=O) groups is 1. The molecule has 7 nitrogen and oxygen atoms in total. The van der Waals surface area contributed by atoms with Crippen molar-refractivity contribution in [2.24, 2.45) is 5.28 Å². The molecule has 0 rings (SSSR count). The summed E-state index contributed by atoms with van der Waals surface area (Å²) in [6.45, 7) is 5.57. The first kappa shape index (κ1) is 12.5. The SMILES string of the molecule is CCN(CC)[N+]([O-])=NOCOC(C)=O. The van der Waals surface area contributed by atoms with Gasteiger partial charge in [0.1, 0.15) is 0 Å². The predicted octanol–water partition coefficient (Wildman–Crippen LogP) is 0.658. The molecule has 0 fully saturated rings. The van der Waals surface area contributed by atoms with Gasteiger partial charge in [-0.25, -0.2) is 0 Å². The number of esters is 1. The topological polar surface area (TPSA) is 77.2 Å². The van der Waals surface area contributed by atoms with Crippen LogP contribution >= 0.6 is 0 Å². The quantitative estimate of drug-likeness (QED) is 0.159. The Balaban J connectivity index is 3.80. The fraction of sp³-hybridized carbons (Fsp3) is 0.857. The Kier molecular flexibility index (Phi) is 6.17. The molecule has 0 heterocycles. The van der Waals surface area contributed by atoms with Crippen molar-refractivity contribution in [3.8, 4) is 0 Å². The maximum absolute atomic E-state index is 11.1. The Labute approximate surface area is 82.4 Å². The Morgan fingerprint density at radius 2 is 2.07 bits per heavy atom. The summed E-state index contributed by atoms with van der Waals surface area (Å²) in [6, 6.07) is 0. The monoisotopic (exact) mass is 205 g/mol. The largest absolute Gasteiger partial charge is 0.569 e. The van der Waals surface area contributed by atoms with Crippen molar-refractivity contribution in [2.75, 3.05) is 19.9 Å². The summed E-state index contributed by atoms with van der Waals surface area (Å²) in [7, 11) is 0. The van der Waals surface area contributed by atoms with Gasteiger partial charge in [0, 0.05) is 6.92 Å². The zero-order valence-corrected chi connectivity index (χ0v) is 8.60. The average Bonchev–Trinajstić information content (AvgIpc) is 2.14. The lowest BCUT2D eigenvalue weighted by atomic mass is 10.6. The zero-order valence-electron chi connectivity index (χ0n) is 8.60. The van der Waals surface area contributed by atoms with E-state index < -0.39 is 5.97 Å². The molecule has 0 aromatic heterocycles. The van der Waals surface area contributed by atoms with Gasteiger partial charge in [0.05, 0.1) is 18.1 Å². The molecule has 0 aliphatic heterocycles. The van der Waals surface area contributed by atoms with Crippen molar-refractivity contribution < 1.29 is 19.3 Å². The highest BCUT2D eigenvalue weighted by atomic mass is 16.8. The third kappa shape index (κ3) is 5.18. The number of rotatable bonds is 6. The molecule has 0 aliphatic rings. The molecule has 0 aromatic carbocycles. The molecule has 14 heavy (non-hydrogen) atoms. The van der Waals surface area contributed by atoms with Crippen LogP contribution in [0, 0.1) is 5.21 Å². The molecule has 0 aromatic rings. The molecule has 0 saturated carbocycles. The van der Waals surface area contributed by atoms with E-state index in [2.05, 4.69) is 14.9 Å². The smallest absolute Gasteiger partial charge is 0.305 e. The second kappa shape index (κ2) is 6.93. The lowest BCUT2D eigenvalue weighted by molar-refractivity contribution is -0.710. The predicted molar refractivity (Wildman–Crippen MR) is 46.7 cm³/mol. The zero-order chi connectivity index (χ0) is 11.0. The summed E-state index contributed by atoms with van der Waals surface area (Å²) in [5.74, 6) is -0.486. The number of hydrogen-bond donors (Lipinski definition) is 0. The van der Waals surface area contributed by atoms with Crippen LogP contribution in [0.25, 0.3) is 0 Å². The minimum atomic E-state index is -0.486. The van der Waals surface area contributed by atoms with Gasteiger partial charge in [-0.2, -0.15) is 0 Å². The van der Waals surface area contributed by atoms with Crippen LogP contribution in [0.1, 0.15) is 20.8 Å². The minimum Gasteiger partial charge on any atom is -0.569 e. The highest BCUT2D eigenvalue weighted by molar-refractivity contribution is 5.65. The number of carbonyl (C=O) groups excluding carboxylic acids is 1. The maximum atomic E-state index is 11.1. The summed E-state index contributed by atoms with van der Waals surface area (Å²) >= 11 is 0. The molecule has 0 saturated heterocycles. The van der Waals surface area contributed by atoms with E-state index >= 15 is 0 Å². The average molecular weight is 205 g/mol. The van der Waals surface area contributed by atoms with E-state index in [0.29, 0.717) is 18.1 Å². The van der Waals surface area contributed by atoms with Crippen LogP contribution in [-0.4, -0.2) is 35.8 Å². The fourth-order valence-electron chi connectivity index (χ4n) is 0.700. The van der Waals surface area contributed by atoms with Gasteiger partial charge in [-0.15, -0.1) is 5.01 Å². The molecular weight excluding hydrogens is 190 g/mol. The van der Waals surface area contributed by atoms with E-state index in [1.165, 1.54) is 11.9 Å². The second-order valence-corrected chi connectivity index (χ2v) is 2.36. The second-order valence-electron chi connectivity index (χ2n) is 2.36. The first-order valence-electron chi connectivity index (χ1n) is 4.30. The summed E-state index contributed by atoms with van der Waals surface area (Å²) in [6.07, 6.45) is 0. The van der Waals surface area contributed by atoms with Crippen molar-refractivity contribution in [3.63, 3.8) is 0 Å². The molecule has 0 amide bonds. The Hall–Kier alpha value is -1.53. The van der Waals surface area contributed by atoms with Crippen LogP contribution in [0.4, 0.5) is 0 Å². The van der Waals surface area contributed by atoms with Gasteiger partial charge in [0.2, 0.25) is 5.28 Å². The molecule has 0 N–H and O–H groups in total. The highest BCUT2D eigenvalue weighted by Gasteiger charge is 2.06. The molecule has 0 atom stereocenters. The Morgan fingerprint density at radius 1 is 1.50 bits per heavy atom. The van der Waals surface area contributed by atoms with Crippen molar-refractivity contribution in [1.82, 2.24) is 5.01 Å². The molecule has 82 valence electrons. The van der Waals surface area contributed by atoms with Gasteiger partial charge in [0.15, 0.2) is 0 Å². The first-order chi connectivity index (χ1) is 6.61. The molecule has 7 heteroatoms. The third-order valence-corrected chi connectivity index (χ3v) is 1.41. The van der Waals surface area contributed by atoms with Gasteiger partial charge >= 0.3 is 5.97 Å². The number of hydrogen-bond acceptors (Lipinski definition) is 5. The lowest BCUT2D eigenvalue weighted by Crippen LogP contribution is -2.30. The van der Waals surface area contributed by atoms with Crippen molar-refractivity contribution >= 4 is 5.97 Å². The van der Waals surface area contributed by atoms with Crippen molar-refractivity contribution in [1.29, 1.82) is 0 Å². The number of ether oxygens (including phenoxy) is 1. The van der Waals surface area contributed by atoms with Crippen LogP contribution in [0.5, 0.6) is 0 Å². The standard InChI is InChI=1S/C7H15N3O4/c1-4-9(5-2)10(12)8-14-6-13-7(3)11/h4-6H2,1-3H3. The van der Waals surface area contributed by atoms with Crippen LogP contribution in [-0.2, 0) is 14.4 Å².